The first-order valence-electron chi connectivity index (χ1n) is 11.7. The third kappa shape index (κ3) is 3.92. The van der Waals surface area contributed by atoms with Crippen molar-refractivity contribution in [2.24, 2.45) is 5.92 Å². The molecule has 2 heterocycles. The minimum atomic E-state index is 0.182. The Kier molecular flexibility index (Phi) is 5.61. The Labute approximate surface area is 186 Å². The van der Waals surface area contributed by atoms with E-state index in [0.717, 1.165) is 31.6 Å². The number of aryl methyl sites for hydroxylation is 1. The number of nitrogens with zero attached hydrogens (tertiary/aromatic N) is 3. The van der Waals surface area contributed by atoms with Gasteiger partial charge in [-0.2, -0.15) is 0 Å². The Bertz CT molecular complexity index is 1040. The predicted octanol–water partition coefficient (Wildman–Crippen LogP) is 4.95. The first-order valence-corrected chi connectivity index (χ1v) is 11.7. The lowest BCUT2D eigenvalue weighted by molar-refractivity contribution is -0.00966. The average Bonchev–Trinajstić information content (AvgIpc) is 3.34. The van der Waals surface area contributed by atoms with E-state index in [0.29, 0.717) is 17.9 Å². The molecule has 163 valence electrons. The van der Waals surface area contributed by atoms with E-state index >= 15 is 0 Å². The zero-order valence-electron chi connectivity index (χ0n) is 19.3. The first-order chi connectivity index (χ1) is 15.0. The summed E-state index contributed by atoms with van der Waals surface area (Å²) in [6, 6.07) is 16.7. The lowest BCUT2D eigenvalue weighted by atomic mass is 9.97. The van der Waals surface area contributed by atoms with Gasteiger partial charge in [0.05, 0.1) is 23.2 Å². The van der Waals surface area contributed by atoms with Gasteiger partial charge in [0.25, 0.3) is 0 Å². The molecule has 1 radical (unpaired) electrons. The number of likely N-dealkylation sites (tertiary alicyclic amines) is 1. The van der Waals surface area contributed by atoms with Crippen LogP contribution in [-0.2, 0) is 17.6 Å². The van der Waals surface area contributed by atoms with Crippen LogP contribution >= 0.6 is 0 Å². The van der Waals surface area contributed by atoms with E-state index in [2.05, 4.69) is 72.7 Å². The standard InChI is InChI=1S/C27H34N3O/c1-18(2)27-28-23-13-19(3)9-10-24(23)30(27)25-11-12-29(17-26(25)31-4)16-20-14-21-7-5-6-8-22(21)15-20/h5,7-10,13,18,20,25-26H,11-12,14-17H2,1-4H3/t20?,25?,26-/m1/s1. The van der Waals surface area contributed by atoms with Gasteiger partial charge in [-0.25, -0.2) is 4.98 Å². The van der Waals surface area contributed by atoms with Crippen LogP contribution in [0.4, 0.5) is 0 Å². The lowest BCUT2D eigenvalue weighted by Crippen LogP contribution is -2.47. The summed E-state index contributed by atoms with van der Waals surface area (Å²) in [5, 5.41) is 0. The molecule has 1 aliphatic heterocycles. The predicted molar refractivity (Wildman–Crippen MR) is 126 cm³/mol. The molecule has 2 aliphatic rings. The van der Waals surface area contributed by atoms with Crippen LogP contribution in [0.15, 0.2) is 36.4 Å². The fourth-order valence-corrected chi connectivity index (χ4v) is 5.72. The number of ether oxygens (including phenoxy) is 1. The summed E-state index contributed by atoms with van der Waals surface area (Å²) in [4.78, 5) is 7.66. The summed E-state index contributed by atoms with van der Waals surface area (Å²) in [5.41, 5.74) is 6.63. The smallest absolute Gasteiger partial charge is 0.112 e. The van der Waals surface area contributed by atoms with Gasteiger partial charge in [0.1, 0.15) is 5.82 Å². The summed E-state index contributed by atoms with van der Waals surface area (Å²) in [7, 11) is 1.88. The van der Waals surface area contributed by atoms with Gasteiger partial charge < -0.3 is 14.2 Å². The molecule has 31 heavy (non-hydrogen) atoms. The molecule has 1 fully saturated rings. The molecule has 0 saturated carbocycles. The molecule has 4 heteroatoms. The largest absolute Gasteiger partial charge is 0.378 e. The summed E-state index contributed by atoms with van der Waals surface area (Å²) in [6.45, 7) is 9.90. The van der Waals surface area contributed by atoms with Crippen LogP contribution in [0, 0.1) is 18.9 Å². The van der Waals surface area contributed by atoms with Gasteiger partial charge in [0.2, 0.25) is 0 Å². The number of methoxy groups -OCH3 is 1. The second-order valence-corrected chi connectivity index (χ2v) is 9.85. The highest BCUT2D eigenvalue weighted by molar-refractivity contribution is 5.77. The maximum atomic E-state index is 6.10. The highest BCUT2D eigenvalue weighted by Crippen LogP contribution is 2.34. The molecule has 1 aliphatic carbocycles. The molecule has 0 amide bonds. The van der Waals surface area contributed by atoms with Crippen LogP contribution in [0.5, 0.6) is 0 Å². The number of fused-ring (bicyclic) bond motifs is 2. The second kappa shape index (κ2) is 8.40. The van der Waals surface area contributed by atoms with Crippen LogP contribution < -0.4 is 0 Å². The molecule has 4 nitrogen and oxygen atoms in total. The van der Waals surface area contributed by atoms with E-state index in [-0.39, 0.29) is 6.10 Å². The number of aromatic nitrogens is 2. The topological polar surface area (TPSA) is 30.3 Å². The van der Waals surface area contributed by atoms with Crippen molar-refractivity contribution < 1.29 is 4.74 Å². The summed E-state index contributed by atoms with van der Waals surface area (Å²) >= 11 is 0. The number of hydrogen-bond donors (Lipinski definition) is 0. The second-order valence-electron chi connectivity index (χ2n) is 9.85. The molecule has 0 bridgehead atoms. The van der Waals surface area contributed by atoms with E-state index in [1.807, 2.05) is 7.11 Å². The lowest BCUT2D eigenvalue weighted by Gasteiger charge is -2.40. The average molecular weight is 417 g/mol. The Morgan fingerprint density at radius 3 is 2.81 bits per heavy atom. The van der Waals surface area contributed by atoms with Crippen molar-refractivity contribution in [1.82, 2.24) is 14.5 Å². The monoisotopic (exact) mass is 416 g/mol. The normalized spacial score (nSPS) is 22.5. The summed E-state index contributed by atoms with van der Waals surface area (Å²) in [6.07, 6.45) is 3.67. The number of imidazole rings is 1. The van der Waals surface area contributed by atoms with Crippen molar-refractivity contribution in [3.05, 3.63) is 65.0 Å². The van der Waals surface area contributed by atoms with Crippen LogP contribution in [0.3, 0.4) is 0 Å². The molecule has 1 aromatic heterocycles. The third-order valence-electron chi connectivity index (χ3n) is 7.22. The molecule has 2 aromatic carbocycles. The molecule has 0 N–H and O–H groups in total. The number of piperidine rings is 1. The zero-order chi connectivity index (χ0) is 21.5. The van der Waals surface area contributed by atoms with Crippen LogP contribution in [-0.4, -0.2) is 47.3 Å². The van der Waals surface area contributed by atoms with Gasteiger partial charge in [-0.05, 0) is 67.0 Å². The van der Waals surface area contributed by atoms with Gasteiger partial charge in [-0.1, -0.05) is 38.1 Å². The molecule has 3 atom stereocenters. The van der Waals surface area contributed by atoms with Crippen molar-refractivity contribution in [2.45, 2.75) is 58.1 Å². The maximum absolute atomic E-state index is 6.10. The van der Waals surface area contributed by atoms with E-state index in [1.165, 1.54) is 40.9 Å². The highest BCUT2D eigenvalue weighted by Gasteiger charge is 2.35. The quantitative estimate of drug-likeness (QED) is 0.590. The van der Waals surface area contributed by atoms with E-state index < -0.39 is 0 Å². The minimum Gasteiger partial charge on any atom is -0.378 e. The van der Waals surface area contributed by atoms with Gasteiger partial charge in [-0.15, -0.1) is 0 Å². The first kappa shape index (κ1) is 20.7. The third-order valence-corrected chi connectivity index (χ3v) is 7.22. The zero-order valence-corrected chi connectivity index (χ0v) is 19.3. The summed E-state index contributed by atoms with van der Waals surface area (Å²) < 4.78 is 8.59. The minimum absolute atomic E-state index is 0.182. The fourth-order valence-electron chi connectivity index (χ4n) is 5.72. The molecule has 0 spiro atoms. The number of benzene rings is 2. The maximum Gasteiger partial charge on any atom is 0.112 e. The van der Waals surface area contributed by atoms with Gasteiger partial charge in [0.15, 0.2) is 0 Å². The van der Waals surface area contributed by atoms with Crippen molar-refractivity contribution in [3.63, 3.8) is 0 Å². The molecule has 3 aromatic rings. The Morgan fingerprint density at radius 2 is 2.03 bits per heavy atom. The van der Waals surface area contributed by atoms with Crippen molar-refractivity contribution in [2.75, 3.05) is 26.7 Å². The van der Waals surface area contributed by atoms with Crippen LogP contribution in [0.2, 0.25) is 0 Å². The Hall–Kier alpha value is -2.17. The van der Waals surface area contributed by atoms with Gasteiger partial charge in [0, 0.05) is 32.7 Å². The SMILES string of the molecule is CO[C@@H]1CN(CC2Cc3c[c]ccc3C2)CCC1n1c(C(C)C)nc2cc(C)ccc21. The molecular weight excluding hydrogens is 382 g/mol. The Balaban J connectivity index is 1.35. The number of hydrogen-bond acceptors (Lipinski definition) is 3. The van der Waals surface area contributed by atoms with E-state index in [9.17, 15) is 0 Å². The molecule has 5 rings (SSSR count). The summed E-state index contributed by atoms with van der Waals surface area (Å²) in [5.74, 6) is 2.28. The van der Waals surface area contributed by atoms with Gasteiger partial charge >= 0.3 is 0 Å². The molecular formula is C27H34N3O. The van der Waals surface area contributed by atoms with Crippen LogP contribution in [0.1, 0.15) is 54.7 Å². The van der Waals surface area contributed by atoms with Crippen molar-refractivity contribution in [1.29, 1.82) is 0 Å². The highest BCUT2D eigenvalue weighted by atomic mass is 16.5. The van der Waals surface area contributed by atoms with Gasteiger partial charge in [-0.3, -0.25) is 0 Å². The van der Waals surface area contributed by atoms with Crippen molar-refractivity contribution in [3.8, 4) is 0 Å². The fraction of sp³-hybridized carbons (Fsp3) is 0.519. The molecule has 2 unspecified atom stereocenters. The van der Waals surface area contributed by atoms with E-state index in [4.69, 9.17) is 9.72 Å². The Morgan fingerprint density at radius 1 is 1.19 bits per heavy atom. The van der Waals surface area contributed by atoms with Crippen LogP contribution in [0.25, 0.3) is 11.0 Å². The van der Waals surface area contributed by atoms with E-state index in [1.54, 1.807) is 0 Å². The molecule has 1 saturated heterocycles. The number of rotatable bonds is 5. The van der Waals surface area contributed by atoms with Crippen molar-refractivity contribution >= 4 is 11.0 Å².